The Kier molecular flexibility index (Phi) is 3.07. The van der Waals surface area contributed by atoms with E-state index in [1.807, 2.05) is 0 Å². The summed E-state index contributed by atoms with van der Waals surface area (Å²) in [6.07, 6.45) is 4.88. The molecular formula is C15H14O4. The van der Waals surface area contributed by atoms with E-state index in [9.17, 15) is 9.59 Å². The Balaban J connectivity index is 1.99. The molecule has 2 aliphatic heterocycles. The number of fused-ring (bicyclic) bond motifs is 6. The van der Waals surface area contributed by atoms with Gasteiger partial charge in [0, 0.05) is 5.57 Å². The fourth-order valence-corrected chi connectivity index (χ4v) is 2.38. The van der Waals surface area contributed by atoms with Gasteiger partial charge in [0.15, 0.2) is 0 Å². The van der Waals surface area contributed by atoms with Crippen LogP contribution in [-0.2, 0) is 9.47 Å². The highest BCUT2D eigenvalue weighted by Crippen LogP contribution is 2.28. The van der Waals surface area contributed by atoms with Gasteiger partial charge in [-0.2, -0.15) is 0 Å². The second kappa shape index (κ2) is 4.88. The molecule has 3 aliphatic rings. The molecule has 2 bridgehead atoms. The number of esters is 2. The lowest BCUT2D eigenvalue weighted by Crippen LogP contribution is -2.12. The van der Waals surface area contributed by atoms with E-state index in [1.54, 1.807) is 24.3 Å². The predicted molar refractivity (Wildman–Crippen MR) is 67.4 cm³/mol. The van der Waals surface area contributed by atoms with E-state index in [-0.39, 0.29) is 5.95 Å². The first kappa shape index (κ1) is 12.0. The monoisotopic (exact) mass is 258 g/mol. The number of allylic oxidation sites excluding steroid dienone is 1. The van der Waals surface area contributed by atoms with Gasteiger partial charge in [-0.3, -0.25) is 0 Å². The first-order chi connectivity index (χ1) is 9.24. The van der Waals surface area contributed by atoms with Crippen molar-refractivity contribution in [2.24, 2.45) is 0 Å². The lowest BCUT2D eigenvalue weighted by molar-refractivity contribution is 0.0219. The molecule has 1 aromatic rings. The van der Waals surface area contributed by atoms with Crippen LogP contribution in [0.25, 0.3) is 0 Å². The number of rotatable bonds is 0. The topological polar surface area (TPSA) is 52.6 Å². The van der Waals surface area contributed by atoms with Crippen LogP contribution in [0.1, 0.15) is 52.8 Å². The van der Waals surface area contributed by atoms with E-state index < -0.39 is 11.9 Å². The number of benzene rings is 1. The molecule has 0 unspecified atom stereocenters. The molecule has 1 saturated carbocycles. The van der Waals surface area contributed by atoms with Crippen LogP contribution in [-0.4, -0.2) is 11.9 Å². The number of ether oxygens (including phenoxy) is 2. The third-order valence-corrected chi connectivity index (χ3v) is 3.47. The number of hydrogen-bond acceptors (Lipinski definition) is 4. The summed E-state index contributed by atoms with van der Waals surface area (Å²) < 4.78 is 10.5. The van der Waals surface area contributed by atoms with Gasteiger partial charge in [-0.25, -0.2) is 9.59 Å². The molecule has 98 valence electrons. The summed E-state index contributed by atoms with van der Waals surface area (Å²) in [5, 5.41) is 0. The summed E-state index contributed by atoms with van der Waals surface area (Å²) in [7, 11) is 0. The molecule has 1 fully saturated rings. The standard InChI is InChI=1S/C15H14O4/c16-13-10-6-7-11(9-8-10)14(17)19-15(18-13)12-4-2-1-3-5-12/h6-9H,1-5H2. The quantitative estimate of drug-likeness (QED) is 0.670. The molecule has 2 heterocycles. The lowest BCUT2D eigenvalue weighted by Gasteiger charge is -2.17. The third kappa shape index (κ3) is 2.38. The highest BCUT2D eigenvalue weighted by Gasteiger charge is 2.23. The average Bonchev–Trinajstić information content (AvgIpc) is 2.55. The van der Waals surface area contributed by atoms with Crippen molar-refractivity contribution in [1.82, 2.24) is 0 Å². The first-order valence-electron chi connectivity index (χ1n) is 6.50. The average molecular weight is 258 g/mol. The van der Waals surface area contributed by atoms with E-state index >= 15 is 0 Å². The maximum Gasteiger partial charge on any atom is 0.345 e. The van der Waals surface area contributed by atoms with Crippen molar-refractivity contribution < 1.29 is 19.1 Å². The van der Waals surface area contributed by atoms with Crippen molar-refractivity contribution in [2.75, 3.05) is 0 Å². The van der Waals surface area contributed by atoms with Crippen molar-refractivity contribution >= 4 is 11.9 Å². The van der Waals surface area contributed by atoms with Crippen LogP contribution < -0.4 is 0 Å². The van der Waals surface area contributed by atoms with Crippen molar-refractivity contribution in [3.8, 4) is 0 Å². The van der Waals surface area contributed by atoms with Crippen LogP contribution >= 0.6 is 0 Å². The van der Waals surface area contributed by atoms with Gasteiger partial charge in [0.1, 0.15) is 0 Å². The smallest absolute Gasteiger partial charge is 0.345 e. The second-order valence-electron chi connectivity index (χ2n) is 4.81. The van der Waals surface area contributed by atoms with Crippen LogP contribution in [0, 0.1) is 0 Å². The Morgan fingerprint density at radius 2 is 1.21 bits per heavy atom. The minimum Gasteiger partial charge on any atom is -0.389 e. The van der Waals surface area contributed by atoms with E-state index in [2.05, 4.69) is 0 Å². The summed E-state index contributed by atoms with van der Waals surface area (Å²) in [5.41, 5.74) is 1.78. The molecule has 1 aliphatic carbocycles. The van der Waals surface area contributed by atoms with Crippen LogP contribution in [0.2, 0.25) is 0 Å². The van der Waals surface area contributed by atoms with E-state index in [0.29, 0.717) is 11.1 Å². The minimum absolute atomic E-state index is 0.0945. The number of carbonyl (C=O) groups excluding carboxylic acids is 2. The van der Waals surface area contributed by atoms with E-state index in [4.69, 9.17) is 9.47 Å². The zero-order chi connectivity index (χ0) is 13.2. The molecule has 0 radical (unpaired) electrons. The summed E-state index contributed by atoms with van der Waals surface area (Å²) in [5.74, 6) is -0.860. The largest absolute Gasteiger partial charge is 0.389 e. The third-order valence-electron chi connectivity index (χ3n) is 3.47. The van der Waals surface area contributed by atoms with Gasteiger partial charge in [-0.15, -0.1) is 0 Å². The molecular weight excluding hydrogens is 244 g/mol. The van der Waals surface area contributed by atoms with Gasteiger partial charge in [0.2, 0.25) is 0 Å². The Morgan fingerprint density at radius 3 is 1.68 bits per heavy atom. The van der Waals surface area contributed by atoms with Crippen LogP contribution in [0.5, 0.6) is 0 Å². The maximum absolute atomic E-state index is 11.9. The van der Waals surface area contributed by atoms with Gasteiger partial charge in [-0.05, 0) is 49.9 Å². The molecule has 0 aromatic heterocycles. The van der Waals surface area contributed by atoms with Gasteiger partial charge in [-0.1, -0.05) is 6.42 Å². The fourth-order valence-electron chi connectivity index (χ4n) is 2.38. The zero-order valence-corrected chi connectivity index (χ0v) is 10.5. The Morgan fingerprint density at radius 1 is 0.737 bits per heavy atom. The highest BCUT2D eigenvalue weighted by molar-refractivity contribution is 5.95. The molecule has 0 atom stereocenters. The summed E-state index contributed by atoms with van der Waals surface area (Å²) in [6.45, 7) is 0. The second-order valence-corrected chi connectivity index (χ2v) is 4.81. The lowest BCUT2D eigenvalue weighted by atomic mass is 9.95. The van der Waals surface area contributed by atoms with Crippen molar-refractivity contribution in [1.29, 1.82) is 0 Å². The molecule has 4 rings (SSSR count). The van der Waals surface area contributed by atoms with Crippen LogP contribution in [0.4, 0.5) is 0 Å². The number of hydrogen-bond donors (Lipinski definition) is 0. The normalized spacial score (nSPS) is 19.4. The van der Waals surface area contributed by atoms with Gasteiger partial charge < -0.3 is 9.47 Å². The number of carbonyl (C=O) groups is 2. The summed E-state index contributed by atoms with van der Waals surface area (Å²) >= 11 is 0. The SMILES string of the molecule is O=C1OC(=C2CCCCC2)OC(=O)c2ccc1cc2. The first-order valence-corrected chi connectivity index (χ1v) is 6.50. The molecule has 1 aromatic carbocycles. The van der Waals surface area contributed by atoms with Crippen LogP contribution in [0.15, 0.2) is 35.8 Å². The predicted octanol–water partition coefficient (Wildman–Crippen LogP) is 3.19. The Hall–Kier alpha value is -2.10. The summed E-state index contributed by atoms with van der Waals surface area (Å²) in [4.78, 5) is 23.9. The fraction of sp³-hybridized carbons (Fsp3) is 0.333. The van der Waals surface area contributed by atoms with Gasteiger partial charge in [0.25, 0.3) is 5.95 Å². The summed E-state index contributed by atoms with van der Waals surface area (Å²) in [6, 6.07) is 6.31. The van der Waals surface area contributed by atoms with Crippen molar-refractivity contribution in [3.05, 3.63) is 46.9 Å². The Bertz CT molecular complexity index is 507. The molecule has 0 amide bonds. The molecule has 19 heavy (non-hydrogen) atoms. The van der Waals surface area contributed by atoms with E-state index in [0.717, 1.165) is 37.7 Å². The molecule has 0 N–H and O–H groups in total. The van der Waals surface area contributed by atoms with Crippen LogP contribution in [0.3, 0.4) is 0 Å². The molecule has 4 nitrogen and oxygen atoms in total. The Labute approximate surface area is 111 Å². The van der Waals surface area contributed by atoms with Crippen molar-refractivity contribution in [3.63, 3.8) is 0 Å². The van der Waals surface area contributed by atoms with E-state index in [1.165, 1.54) is 0 Å². The molecule has 4 heteroatoms. The van der Waals surface area contributed by atoms with Crippen molar-refractivity contribution in [2.45, 2.75) is 32.1 Å². The highest BCUT2D eigenvalue weighted by atomic mass is 16.7. The maximum atomic E-state index is 11.9. The molecule has 0 saturated heterocycles. The zero-order valence-electron chi connectivity index (χ0n) is 10.5. The minimum atomic E-state index is -0.477. The molecule has 0 spiro atoms. The van der Waals surface area contributed by atoms with Gasteiger partial charge in [0.05, 0.1) is 11.1 Å². The van der Waals surface area contributed by atoms with Gasteiger partial charge >= 0.3 is 11.9 Å².